The third kappa shape index (κ3) is 21.6. The van der Waals surface area contributed by atoms with E-state index < -0.39 is 4.30 Å². The number of hydroxylamine groups is 1. The lowest BCUT2D eigenvalue weighted by Gasteiger charge is -2.06. The van der Waals surface area contributed by atoms with Gasteiger partial charge in [0.1, 0.15) is 0 Å². The maximum Gasteiger partial charge on any atom is 0.243 e. The zero-order valence-electron chi connectivity index (χ0n) is 16.0. The molecule has 1 rings (SSSR count). The minimum absolute atomic E-state index is 0.0253. The van der Waals surface area contributed by atoms with Gasteiger partial charge >= 0.3 is 0 Å². The van der Waals surface area contributed by atoms with Crippen molar-refractivity contribution in [3.05, 3.63) is 35.9 Å². The van der Waals surface area contributed by atoms with Crippen LogP contribution in [0.15, 0.2) is 30.3 Å². The minimum Gasteiger partial charge on any atom is -0.330 e. The number of unbranched alkanes of at least 4 members (excludes halogenated alkanes) is 8. The first-order valence-electron chi connectivity index (χ1n) is 9.63. The highest BCUT2D eigenvalue weighted by molar-refractivity contribution is 6.63. The van der Waals surface area contributed by atoms with Gasteiger partial charge in [-0.25, -0.2) is 5.48 Å². The molecule has 27 heavy (non-hydrogen) atoms. The van der Waals surface area contributed by atoms with Crippen LogP contribution in [0.2, 0.25) is 0 Å². The summed E-state index contributed by atoms with van der Waals surface area (Å²) in [7, 11) is 0. The van der Waals surface area contributed by atoms with Crippen LogP contribution in [0.25, 0.3) is 0 Å². The number of rotatable bonds is 14. The van der Waals surface area contributed by atoms with Crippen molar-refractivity contribution >= 4 is 40.7 Å². The Balaban J connectivity index is 0.00000153. The van der Waals surface area contributed by atoms with Gasteiger partial charge in [-0.15, -0.1) is 0 Å². The second-order valence-corrected chi connectivity index (χ2v) is 8.25. The molecule has 0 aliphatic rings. The van der Waals surface area contributed by atoms with Gasteiger partial charge in [-0.05, 0) is 24.9 Å². The Kier molecular flexibility index (Phi) is 19.8. The Hall–Kier alpha value is -0.520. The highest BCUT2D eigenvalue weighted by atomic mass is 35.6. The first-order chi connectivity index (χ1) is 13.1. The second-order valence-electron chi connectivity index (χ2n) is 6.27. The van der Waals surface area contributed by atoms with Gasteiger partial charge in [-0.3, -0.25) is 9.63 Å². The standard InChI is InChI=1S/C19H32N2O2.CHCl3/c20-16-12-7-5-3-1-2-4-6-11-15-19(22)21-23-17-18-13-9-8-10-14-18;2-1(3)4/h8-10,13-14H,1-7,11-12,15-17,20H2,(H,21,22);1H. The molecule has 156 valence electrons. The zero-order chi connectivity index (χ0) is 20.2. The van der Waals surface area contributed by atoms with Crippen molar-refractivity contribution in [2.45, 2.75) is 75.1 Å². The molecule has 0 bridgehead atoms. The molecule has 0 unspecified atom stereocenters. The summed E-state index contributed by atoms with van der Waals surface area (Å²) in [5.41, 5.74) is 9.03. The number of amides is 1. The molecule has 0 atom stereocenters. The highest BCUT2D eigenvalue weighted by Crippen LogP contribution is 2.10. The Bertz CT molecular complexity index is 445. The monoisotopic (exact) mass is 438 g/mol. The predicted molar refractivity (Wildman–Crippen MR) is 116 cm³/mol. The van der Waals surface area contributed by atoms with E-state index in [1.165, 1.54) is 38.5 Å². The second kappa shape index (κ2) is 20.2. The summed E-state index contributed by atoms with van der Waals surface area (Å²) in [6.07, 6.45) is 11.4. The number of nitrogens with one attached hydrogen (secondary N) is 1. The van der Waals surface area contributed by atoms with Crippen LogP contribution in [-0.4, -0.2) is 16.7 Å². The van der Waals surface area contributed by atoms with Crippen molar-refractivity contribution < 1.29 is 9.63 Å². The van der Waals surface area contributed by atoms with Gasteiger partial charge in [0.25, 0.3) is 0 Å². The minimum atomic E-state index is -0.750. The van der Waals surface area contributed by atoms with Crippen molar-refractivity contribution in [1.29, 1.82) is 0 Å². The molecule has 1 amide bonds. The molecule has 3 N–H and O–H groups in total. The number of carbonyl (C=O) groups is 1. The molecule has 0 aliphatic carbocycles. The van der Waals surface area contributed by atoms with Gasteiger partial charge in [0.2, 0.25) is 5.91 Å². The van der Waals surface area contributed by atoms with Gasteiger partial charge in [-0.1, -0.05) is 110 Å². The van der Waals surface area contributed by atoms with Crippen molar-refractivity contribution in [3.63, 3.8) is 0 Å². The van der Waals surface area contributed by atoms with Crippen molar-refractivity contribution in [3.8, 4) is 0 Å². The molecule has 1 aromatic carbocycles. The molecule has 0 spiro atoms. The Morgan fingerprint density at radius 3 is 1.89 bits per heavy atom. The summed E-state index contributed by atoms with van der Waals surface area (Å²) in [6, 6.07) is 9.82. The largest absolute Gasteiger partial charge is 0.330 e. The van der Waals surface area contributed by atoms with Crippen LogP contribution >= 0.6 is 34.8 Å². The average molecular weight is 440 g/mol. The molecule has 7 heteroatoms. The van der Waals surface area contributed by atoms with Crippen molar-refractivity contribution in [2.24, 2.45) is 5.73 Å². The number of carbonyl (C=O) groups excluding carboxylic acids is 1. The first-order valence-corrected chi connectivity index (χ1v) is 10.9. The molecule has 0 aliphatic heterocycles. The third-order valence-electron chi connectivity index (χ3n) is 3.88. The van der Waals surface area contributed by atoms with Gasteiger partial charge in [-0.2, -0.15) is 0 Å². The number of alkyl halides is 3. The lowest BCUT2D eigenvalue weighted by molar-refractivity contribution is -0.134. The number of halogens is 3. The molecular formula is C20H33Cl3N2O2. The maximum atomic E-state index is 11.6. The SMILES string of the molecule is ClC(Cl)Cl.NCCCCCCCCCCCC(=O)NOCc1ccccc1. The van der Waals surface area contributed by atoms with Crippen LogP contribution in [0.1, 0.15) is 69.8 Å². The molecule has 4 nitrogen and oxygen atoms in total. The molecule has 0 fully saturated rings. The first kappa shape index (κ1) is 26.5. The Morgan fingerprint density at radius 2 is 1.37 bits per heavy atom. The fraction of sp³-hybridized carbons (Fsp3) is 0.650. The smallest absolute Gasteiger partial charge is 0.243 e. The van der Waals surface area contributed by atoms with Crippen LogP contribution < -0.4 is 11.2 Å². The maximum absolute atomic E-state index is 11.6. The van der Waals surface area contributed by atoms with Crippen LogP contribution in [0.3, 0.4) is 0 Å². The van der Waals surface area contributed by atoms with Gasteiger partial charge in [0.15, 0.2) is 4.30 Å². The molecule has 0 saturated carbocycles. The Morgan fingerprint density at radius 1 is 0.889 bits per heavy atom. The molecule has 1 aromatic rings. The number of benzene rings is 1. The summed E-state index contributed by atoms with van der Waals surface area (Å²) in [5.74, 6) is -0.0253. The summed E-state index contributed by atoms with van der Waals surface area (Å²) in [5, 5.41) is 0. The third-order valence-corrected chi connectivity index (χ3v) is 3.88. The lowest BCUT2D eigenvalue weighted by atomic mass is 10.1. The molecule has 0 radical (unpaired) electrons. The summed E-state index contributed by atoms with van der Waals surface area (Å²) >= 11 is 14.4. The van der Waals surface area contributed by atoms with E-state index in [2.05, 4.69) is 5.48 Å². The summed E-state index contributed by atoms with van der Waals surface area (Å²) in [4.78, 5) is 16.8. The van der Waals surface area contributed by atoms with Gasteiger partial charge in [0, 0.05) is 6.42 Å². The van der Waals surface area contributed by atoms with E-state index in [1.807, 2.05) is 30.3 Å². The molecule has 0 heterocycles. The van der Waals surface area contributed by atoms with Crippen molar-refractivity contribution in [2.75, 3.05) is 6.54 Å². The zero-order valence-corrected chi connectivity index (χ0v) is 18.2. The van der Waals surface area contributed by atoms with E-state index in [9.17, 15) is 4.79 Å². The quantitative estimate of drug-likeness (QED) is 0.210. The van der Waals surface area contributed by atoms with E-state index in [1.54, 1.807) is 0 Å². The summed E-state index contributed by atoms with van der Waals surface area (Å²) in [6.45, 7) is 1.23. The van der Waals surface area contributed by atoms with E-state index in [0.29, 0.717) is 13.0 Å². The molecular weight excluding hydrogens is 407 g/mol. The van der Waals surface area contributed by atoms with E-state index in [4.69, 9.17) is 45.4 Å². The number of hydrogen-bond donors (Lipinski definition) is 2. The number of nitrogens with two attached hydrogens (primary N) is 1. The summed E-state index contributed by atoms with van der Waals surface area (Å²) < 4.78 is -0.750. The number of hydrogen-bond acceptors (Lipinski definition) is 3. The van der Waals surface area contributed by atoms with E-state index in [0.717, 1.165) is 31.4 Å². The van der Waals surface area contributed by atoms with Crippen LogP contribution in [-0.2, 0) is 16.2 Å². The predicted octanol–water partition coefficient (Wildman–Crippen LogP) is 6.08. The molecule has 0 saturated heterocycles. The Labute approximate surface area is 179 Å². The fourth-order valence-electron chi connectivity index (χ4n) is 2.49. The lowest BCUT2D eigenvalue weighted by Crippen LogP contribution is -2.23. The average Bonchev–Trinajstić information content (AvgIpc) is 2.64. The van der Waals surface area contributed by atoms with Crippen LogP contribution in [0.5, 0.6) is 0 Å². The van der Waals surface area contributed by atoms with Crippen molar-refractivity contribution in [1.82, 2.24) is 5.48 Å². The van der Waals surface area contributed by atoms with E-state index >= 15 is 0 Å². The van der Waals surface area contributed by atoms with E-state index in [-0.39, 0.29) is 5.91 Å². The fourth-order valence-corrected chi connectivity index (χ4v) is 2.49. The molecule has 0 aromatic heterocycles. The van der Waals surface area contributed by atoms with Gasteiger partial charge in [0.05, 0.1) is 6.61 Å². The van der Waals surface area contributed by atoms with Crippen LogP contribution in [0, 0.1) is 0 Å². The van der Waals surface area contributed by atoms with Gasteiger partial charge < -0.3 is 5.73 Å². The topological polar surface area (TPSA) is 64.4 Å². The highest BCUT2D eigenvalue weighted by Gasteiger charge is 2.01. The van der Waals surface area contributed by atoms with Crippen LogP contribution in [0.4, 0.5) is 0 Å². The normalized spacial score (nSPS) is 10.4.